The highest BCUT2D eigenvalue weighted by Crippen LogP contribution is 2.41. The molecule has 2 fully saturated rings. The highest BCUT2D eigenvalue weighted by atomic mass is 35.5. The van der Waals surface area contributed by atoms with Gasteiger partial charge in [0.2, 0.25) is 11.8 Å². The molecule has 1 saturated carbocycles. The second kappa shape index (κ2) is 6.97. The highest BCUT2D eigenvalue weighted by molar-refractivity contribution is 6.34. The first kappa shape index (κ1) is 18.5. The zero-order valence-corrected chi connectivity index (χ0v) is 15.5. The highest BCUT2D eigenvalue weighted by Gasteiger charge is 2.31. The molecule has 2 aromatic rings. The van der Waals surface area contributed by atoms with Crippen molar-refractivity contribution in [2.75, 3.05) is 31.1 Å². The number of nitrogens with zero attached hydrogens (tertiary/aromatic N) is 3. The molecule has 0 spiro atoms. The van der Waals surface area contributed by atoms with E-state index in [0.29, 0.717) is 26.2 Å². The van der Waals surface area contributed by atoms with Crippen molar-refractivity contribution >= 4 is 40.8 Å². The van der Waals surface area contributed by atoms with E-state index in [0.717, 1.165) is 19.3 Å². The van der Waals surface area contributed by atoms with Gasteiger partial charge in [-0.1, -0.05) is 11.6 Å². The van der Waals surface area contributed by atoms with E-state index in [-0.39, 0.29) is 33.4 Å². The van der Waals surface area contributed by atoms with Crippen molar-refractivity contribution in [1.29, 1.82) is 0 Å². The van der Waals surface area contributed by atoms with Crippen molar-refractivity contribution in [2.45, 2.75) is 18.9 Å². The molecular weight excluding hydrogens is 393 g/mol. The summed E-state index contributed by atoms with van der Waals surface area (Å²) in [7, 11) is 0. The van der Waals surface area contributed by atoms with Crippen LogP contribution in [0, 0.1) is 5.82 Å². The van der Waals surface area contributed by atoms with Gasteiger partial charge in [-0.3, -0.25) is 9.59 Å². The summed E-state index contributed by atoms with van der Waals surface area (Å²) in [6.07, 6.45) is 1.97. The summed E-state index contributed by atoms with van der Waals surface area (Å²) in [5, 5.41) is 8.90. The van der Waals surface area contributed by atoms with E-state index in [1.807, 2.05) is 0 Å². The summed E-state index contributed by atoms with van der Waals surface area (Å²) in [5.41, 5.74) is -0.463. The maximum Gasteiger partial charge on any atom is 0.511 e. The molecule has 8 nitrogen and oxygen atoms in total. The zero-order valence-electron chi connectivity index (χ0n) is 14.7. The molecule has 2 aliphatic rings. The quantitative estimate of drug-likeness (QED) is 0.616. The number of carboxylic acid groups (broad SMARTS) is 1. The number of carbonyl (C=O) groups is 2. The average Bonchev–Trinajstić information content (AvgIpc) is 3.49. The number of hydrogen-bond donors (Lipinski definition) is 1. The van der Waals surface area contributed by atoms with Crippen LogP contribution < -0.4 is 15.1 Å². The molecular formula is C18H17ClFN3O5. The molecule has 1 aliphatic carbocycles. The Morgan fingerprint density at radius 3 is 2.54 bits per heavy atom. The number of pyridine rings is 1. The van der Waals surface area contributed by atoms with Gasteiger partial charge in [0.05, 0.1) is 27.8 Å². The van der Waals surface area contributed by atoms with Crippen molar-refractivity contribution in [3.63, 3.8) is 0 Å². The molecule has 0 radical (unpaired) electrons. The standard InChI is InChI=1S/C18H17ClFN3O5/c19-12-7-11-15(14(20)16(12)22-5-3-21(9-24)4-6-22)23(10-1-2-10)8-13(17(11)25)28-18(26)27/h7-10H,1-6H2,(H,26,27). The number of carbonyl (C=O) groups excluding carboxylic acids is 1. The molecule has 1 aromatic heterocycles. The maximum absolute atomic E-state index is 15.6. The van der Waals surface area contributed by atoms with Crippen molar-refractivity contribution < 1.29 is 23.8 Å². The van der Waals surface area contributed by atoms with Gasteiger partial charge in [-0.2, -0.15) is 0 Å². The van der Waals surface area contributed by atoms with Crippen LogP contribution in [-0.4, -0.2) is 53.3 Å². The first-order valence-electron chi connectivity index (χ1n) is 8.82. The molecule has 1 aliphatic heterocycles. The van der Waals surface area contributed by atoms with E-state index in [9.17, 15) is 14.4 Å². The number of fused-ring (bicyclic) bond motifs is 1. The smallest absolute Gasteiger partial charge is 0.449 e. The molecule has 1 aromatic carbocycles. The predicted molar refractivity (Wildman–Crippen MR) is 99.9 cm³/mol. The molecule has 0 atom stereocenters. The Morgan fingerprint density at radius 1 is 1.29 bits per heavy atom. The van der Waals surface area contributed by atoms with E-state index < -0.39 is 17.4 Å². The lowest BCUT2D eigenvalue weighted by atomic mass is 10.1. The van der Waals surface area contributed by atoms with Crippen LogP contribution in [0.4, 0.5) is 14.9 Å². The number of halogens is 2. The minimum absolute atomic E-state index is 0.0246. The number of benzene rings is 1. The van der Waals surface area contributed by atoms with Gasteiger partial charge >= 0.3 is 6.16 Å². The van der Waals surface area contributed by atoms with Crippen LogP contribution in [0.1, 0.15) is 18.9 Å². The van der Waals surface area contributed by atoms with Crippen LogP contribution in [-0.2, 0) is 4.79 Å². The first-order valence-corrected chi connectivity index (χ1v) is 9.20. The van der Waals surface area contributed by atoms with Gasteiger partial charge < -0.3 is 24.2 Å². The number of aromatic nitrogens is 1. The Balaban J connectivity index is 1.88. The predicted octanol–water partition coefficient (Wildman–Crippen LogP) is 2.46. The average molecular weight is 410 g/mol. The molecule has 0 bridgehead atoms. The van der Waals surface area contributed by atoms with Gasteiger partial charge in [0.25, 0.3) is 0 Å². The Bertz CT molecular complexity index is 1030. The van der Waals surface area contributed by atoms with Gasteiger partial charge in [0.1, 0.15) is 0 Å². The number of ether oxygens (including phenoxy) is 1. The van der Waals surface area contributed by atoms with Gasteiger partial charge in [-0.15, -0.1) is 0 Å². The second-order valence-corrected chi connectivity index (χ2v) is 7.28. The van der Waals surface area contributed by atoms with Crippen molar-refractivity contribution in [3.8, 4) is 5.75 Å². The Hall–Kier alpha value is -2.81. The summed E-state index contributed by atoms with van der Waals surface area (Å²) >= 11 is 6.32. The number of anilines is 1. The minimum Gasteiger partial charge on any atom is -0.449 e. The SMILES string of the molecule is O=CN1CCN(c2c(Cl)cc3c(=O)c(OC(=O)O)cn(C4CC4)c3c2F)CC1. The Morgan fingerprint density at radius 2 is 1.96 bits per heavy atom. The topological polar surface area (TPSA) is 92.1 Å². The number of piperazine rings is 1. The fraction of sp³-hybridized carbons (Fsp3) is 0.389. The van der Waals surface area contributed by atoms with E-state index in [2.05, 4.69) is 4.74 Å². The molecule has 4 rings (SSSR count). The Kier molecular flexibility index (Phi) is 4.62. The second-order valence-electron chi connectivity index (χ2n) is 6.87. The van der Waals surface area contributed by atoms with Crippen LogP contribution >= 0.6 is 11.6 Å². The molecule has 2 heterocycles. The molecule has 1 N–H and O–H groups in total. The molecule has 1 saturated heterocycles. The molecule has 148 valence electrons. The van der Waals surface area contributed by atoms with Gasteiger partial charge in [0.15, 0.2) is 11.6 Å². The lowest BCUT2D eigenvalue weighted by Crippen LogP contribution is -2.46. The third-order valence-corrected chi connectivity index (χ3v) is 5.36. The van der Waals surface area contributed by atoms with Crippen LogP contribution in [0.15, 0.2) is 17.1 Å². The van der Waals surface area contributed by atoms with E-state index in [1.165, 1.54) is 12.3 Å². The molecule has 0 unspecified atom stereocenters. The van der Waals surface area contributed by atoms with Crippen molar-refractivity contribution in [3.05, 3.63) is 33.3 Å². The third-order valence-electron chi connectivity index (χ3n) is 5.07. The largest absolute Gasteiger partial charge is 0.511 e. The lowest BCUT2D eigenvalue weighted by molar-refractivity contribution is -0.118. The first-order chi connectivity index (χ1) is 13.4. The van der Waals surface area contributed by atoms with Crippen LogP contribution in [0.3, 0.4) is 0 Å². The monoisotopic (exact) mass is 409 g/mol. The van der Waals surface area contributed by atoms with Crippen LogP contribution in [0.5, 0.6) is 5.75 Å². The van der Waals surface area contributed by atoms with Crippen LogP contribution in [0.2, 0.25) is 5.02 Å². The van der Waals surface area contributed by atoms with Gasteiger partial charge in [0, 0.05) is 32.2 Å². The van der Waals surface area contributed by atoms with Crippen molar-refractivity contribution in [1.82, 2.24) is 9.47 Å². The lowest BCUT2D eigenvalue weighted by Gasteiger charge is -2.35. The fourth-order valence-corrected chi connectivity index (χ4v) is 3.87. The Labute approximate surface area is 163 Å². The van der Waals surface area contributed by atoms with E-state index in [4.69, 9.17) is 16.7 Å². The third kappa shape index (κ3) is 3.15. The zero-order chi connectivity index (χ0) is 20.0. The maximum atomic E-state index is 15.6. The minimum atomic E-state index is -1.62. The summed E-state index contributed by atoms with van der Waals surface area (Å²) < 4.78 is 21.7. The summed E-state index contributed by atoms with van der Waals surface area (Å²) in [6.45, 7) is 1.71. The van der Waals surface area contributed by atoms with E-state index in [1.54, 1.807) is 14.4 Å². The summed E-state index contributed by atoms with van der Waals surface area (Å²) in [4.78, 5) is 37.8. The summed E-state index contributed by atoms with van der Waals surface area (Å²) in [5.74, 6) is -1.01. The fourth-order valence-electron chi connectivity index (χ4n) is 3.55. The normalized spacial score (nSPS) is 17.1. The number of amides is 1. The number of hydrogen-bond acceptors (Lipinski definition) is 5. The molecule has 28 heavy (non-hydrogen) atoms. The van der Waals surface area contributed by atoms with Gasteiger partial charge in [-0.05, 0) is 18.9 Å². The van der Waals surface area contributed by atoms with Crippen molar-refractivity contribution in [2.24, 2.45) is 0 Å². The summed E-state index contributed by atoms with van der Waals surface area (Å²) in [6, 6.07) is 1.33. The molecule has 10 heteroatoms. The molecule has 1 amide bonds. The van der Waals surface area contributed by atoms with E-state index >= 15 is 4.39 Å². The number of rotatable bonds is 4. The van der Waals surface area contributed by atoms with Crippen LogP contribution in [0.25, 0.3) is 10.9 Å². The van der Waals surface area contributed by atoms with Gasteiger partial charge in [-0.25, -0.2) is 9.18 Å².